The van der Waals surface area contributed by atoms with Crippen molar-refractivity contribution >= 4 is 5.97 Å². The lowest BCUT2D eigenvalue weighted by atomic mass is 9.82. The van der Waals surface area contributed by atoms with Gasteiger partial charge in [0.25, 0.3) is 0 Å². The van der Waals surface area contributed by atoms with E-state index in [1.54, 1.807) is 6.20 Å². The van der Waals surface area contributed by atoms with Gasteiger partial charge in [0.2, 0.25) is 0 Å². The second-order valence-corrected chi connectivity index (χ2v) is 4.31. The van der Waals surface area contributed by atoms with Crippen LogP contribution in [0.5, 0.6) is 0 Å². The summed E-state index contributed by atoms with van der Waals surface area (Å²) in [6.45, 7) is 0. The van der Waals surface area contributed by atoms with Gasteiger partial charge in [-0.3, -0.25) is 9.78 Å². The Hall–Kier alpha value is -1.42. The number of aryl methyl sites for hydroxylation is 1. The molecule has 1 aliphatic carbocycles. The first-order valence-electron chi connectivity index (χ1n) is 5.60. The molecule has 86 valence electrons. The highest BCUT2D eigenvalue weighted by Gasteiger charge is 2.25. The molecule has 0 amide bonds. The molecule has 1 unspecified atom stereocenters. The molecule has 0 aliphatic heterocycles. The molecule has 1 aromatic rings. The SMILES string of the molecule is N[C@@H](CC1CCCc2ncccc21)C(=O)O. The summed E-state index contributed by atoms with van der Waals surface area (Å²) in [5.41, 5.74) is 7.88. The second kappa shape index (κ2) is 4.61. The zero-order valence-electron chi connectivity index (χ0n) is 9.10. The first kappa shape index (κ1) is 11.1. The van der Waals surface area contributed by atoms with Crippen LogP contribution >= 0.6 is 0 Å². The van der Waals surface area contributed by atoms with Crippen LogP contribution in [0.3, 0.4) is 0 Å². The van der Waals surface area contributed by atoms with Crippen LogP contribution in [0.4, 0.5) is 0 Å². The van der Waals surface area contributed by atoms with Crippen LogP contribution in [0, 0.1) is 0 Å². The number of aliphatic carboxylic acids is 1. The number of nitrogens with two attached hydrogens (primary N) is 1. The maximum absolute atomic E-state index is 10.7. The molecule has 0 radical (unpaired) electrons. The molecule has 4 heteroatoms. The Morgan fingerprint density at radius 2 is 2.50 bits per heavy atom. The monoisotopic (exact) mass is 220 g/mol. The van der Waals surface area contributed by atoms with Gasteiger partial charge in [0, 0.05) is 11.9 Å². The molecular weight excluding hydrogens is 204 g/mol. The number of aromatic nitrogens is 1. The summed E-state index contributed by atoms with van der Waals surface area (Å²) in [5.74, 6) is -0.667. The molecule has 2 rings (SSSR count). The molecule has 1 aliphatic rings. The molecule has 0 saturated heterocycles. The Kier molecular flexibility index (Phi) is 3.19. The van der Waals surface area contributed by atoms with Crippen molar-refractivity contribution in [2.24, 2.45) is 5.73 Å². The molecule has 0 saturated carbocycles. The Morgan fingerprint density at radius 3 is 3.25 bits per heavy atom. The molecule has 3 N–H and O–H groups in total. The van der Waals surface area contributed by atoms with Crippen molar-refractivity contribution in [2.45, 2.75) is 37.6 Å². The second-order valence-electron chi connectivity index (χ2n) is 4.31. The number of hydrogen-bond donors (Lipinski definition) is 2. The third-order valence-electron chi connectivity index (χ3n) is 3.19. The van der Waals surface area contributed by atoms with E-state index in [2.05, 4.69) is 4.98 Å². The molecule has 0 aromatic carbocycles. The maximum atomic E-state index is 10.7. The van der Waals surface area contributed by atoms with E-state index in [9.17, 15) is 4.79 Å². The fourth-order valence-electron chi connectivity index (χ4n) is 2.35. The standard InChI is InChI=1S/C12H16N2O2/c13-10(12(15)16)7-8-3-1-5-11-9(8)4-2-6-14-11/h2,4,6,8,10H,1,3,5,7,13H2,(H,15,16)/t8?,10-/m0/s1. The summed E-state index contributed by atoms with van der Waals surface area (Å²) in [5, 5.41) is 8.82. The van der Waals surface area contributed by atoms with Crippen molar-refractivity contribution in [3.05, 3.63) is 29.6 Å². The summed E-state index contributed by atoms with van der Waals surface area (Å²) in [6.07, 6.45) is 5.38. The van der Waals surface area contributed by atoms with Gasteiger partial charge in [-0.15, -0.1) is 0 Å². The quantitative estimate of drug-likeness (QED) is 0.805. The normalized spacial score (nSPS) is 21.2. The Morgan fingerprint density at radius 1 is 1.69 bits per heavy atom. The van der Waals surface area contributed by atoms with Crippen molar-refractivity contribution < 1.29 is 9.90 Å². The molecule has 2 atom stereocenters. The number of fused-ring (bicyclic) bond motifs is 1. The van der Waals surface area contributed by atoms with E-state index >= 15 is 0 Å². The summed E-state index contributed by atoms with van der Waals surface area (Å²) >= 11 is 0. The molecule has 0 fully saturated rings. The number of pyridine rings is 1. The summed E-state index contributed by atoms with van der Waals surface area (Å²) < 4.78 is 0. The van der Waals surface area contributed by atoms with Crippen LogP contribution in [-0.4, -0.2) is 22.1 Å². The predicted molar refractivity (Wildman–Crippen MR) is 60.1 cm³/mol. The highest BCUT2D eigenvalue weighted by atomic mass is 16.4. The van der Waals surface area contributed by atoms with Gasteiger partial charge in [-0.25, -0.2) is 0 Å². The van der Waals surface area contributed by atoms with Crippen LogP contribution in [0.2, 0.25) is 0 Å². The zero-order chi connectivity index (χ0) is 11.5. The van der Waals surface area contributed by atoms with Gasteiger partial charge in [0.1, 0.15) is 6.04 Å². The number of hydrogen-bond acceptors (Lipinski definition) is 3. The minimum absolute atomic E-state index is 0.253. The number of rotatable bonds is 3. The van der Waals surface area contributed by atoms with E-state index in [1.165, 1.54) is 5.56 Å². The van der Waals surface area contributed by atoms with Gasteiger partial charge in [0.05, 0.1) is 0 Å². The average Bonchev–Trinajstić information content (AvgIpc) is 2.29. The smallest absolute Gasteiger partial charge is 0.320 e. The fourth-order valence-corrected chi connectivity index (χ4v) is 2.35. The first-order valence-corrected chi connectivity index (χ1v) is 5.60. The number of nitrogens with zero attached hydrogens (tertiary/aromatic N) is 1. The molecule has 0 spiro atoms. The van der Waals surface area contributed by atoms with Crippen molar-refractivity contribution in [2.75, 3.05) is 0 Å². The van der Waals surface area contributed by atoms with Crippen LogP contribution in [-0.2, 0) is 11.2 Å². The largest absolute Gasteiger partial charge is 0.480 e. The van der Waals surface area contributed by atoms with Crippen molar-refractivity contribution in [1.82, 2.24) is 4.98 Å². The first-order chi connectivity index (χ1) is 7.68. The number of carboxylic acid groups (broad SMARTS) is 1. The minimum atomic E-state index is -0.920. The molecule has 0 bridgehead atoms. The van der Waals surface area contributed by atoms with Gasteiger partial charge in [-0.2, -0.15) is 0 Å². The Labute approximate surface area is 94.5 Å². The van der Waals surface area contributed by atoms with Gasteiger partial charge < -0.3 is 10.8 Å². The Balaban J connectivity index is 2.16. The molecular formula is C12H16N2O2. The predicted octanol–water partition coefficient (Wildman–Crippen LogP) is 1.30. The molecule has 1 heterocycles. The number of carbonyl (C=O) groups is 1. The topological polar surface area (TPSA) is 76.2 Å². The Bertz CT molecular complexity index is 392. The van der Waals surface area contributed by atoms with E-state index in [4.69, 9.17) is 10.8 Å². The van der Waals surface area contributed by atoms with E-state index in [1.807, 2.05) is 12.1 Å². The van der Waals surface area contributed by atoms with Crippen LogP contribution in [0.1, 0.15) is 36.4 Å². The fraction of sp³-hybridized carbons (Fsp3) is 0.500. The van der Waals surface area contributed by atoms with Crippen molar-refractivity contribution in [3.8, 4) is 0 Å². The minimum Gasteiger partial charge on any atom is -0.480 e. The van der Waals surface area contributed by atoms with E-state index in [-0.39, 0.29) is 5.92 Å². The highest BCUT2D eigenvalue weighted by Crippen LogP contribution is 2.33. The zero-order valence-corrected chi connectivity index (χ0v) is 9.10. The lowest BCUT2D eigenvalue weighted by Gasteiger charge is -2.25. The maximum Gasteiger partial charge on any atom is 0.320 e. The summed E-state index contributed by atoms with van der Waals surface area (Å²) in [4.78, 5) is 15.1. The van der Waals surface area contributed by atoms with E-state index in [0.717, 1.165) is 25.0 Å². The third-order valence-corrected chi connectivity index (χ3v) is 3.19. The van der Waals surface area contributed by atoms with E-state index in [0.29, 0.717) is 6.42 Å². The number of carboxylic acids is 1. The van der Waals surface area contributed by atoms with Gasteiger partial charge >= 0.3 is 5.97 Å². The van der Waals surface area contributed by atoms with Gasteiger partial charge in [-0.1, -0.05) is 6.07 Å². The van der Waals surface area contributed by atoms with Crippen LogP contribution in [0.15, 0.2) is 18.3 Å². The van der Waals surface area contributed by atoms with Gasteiger partial charge in [-0.05, 0) is 43.2 Å². The van der Waals surface area contributed by atoms with Crippen LogP contribution in [0.25, 0.3) is 0 Å². The van der Waals surface area contributed by atoms with Crippen LogP contribution < -0.4 is 5.73 Å². The lowest BCUT2D eigenvalue weighted by Crippen LogP contribution is -2.32. The molecule has 1 aromatic heterocycles. The van der Waals surface area contributed by atoms with Gasteiger partial charge in [0.15, 0.2) is 0 Å². The highest BCUT2D eigenvalue weighted by molar-refractivity contribution is 5.73. The van der Waals surface area contributed by atoms with Crippen molar-refractivity contribution in [1.29, 1.82) is 0 Å². The summed E-state index contributed by atoms with van der Waals surface area (Å²) in [7, 11) is 0. The third kappa shape index (κ3) is 2.22. The van der Waals surface area contributed by atoms with E-state index < -0.39 is 12.0 Å². The lowest BCUT2D eigenvalue weighted by molar-refractivity contribution is -0.138. The van der Waals surface area contributed by atoms with Crippen molar-refractivity contribution in [3.63, 3.8) is 0 Å². The average molecular weight is 220 g/mol. The molecule has 4 nitrogen and oxygen atoms in total. The summed E-state index contributed by atoms with van der Waals surface area (Å²) in [6, 6.07) is 3.18. The molecule has 16 heavy (non-hydrogen) atoms.